The number of amides is 1. The van der Waals surface area contributed by atoms with E-state index in [-0.39, 0.29) is 31.1 Å². The Kier molecular flexibility index (Phi) is 6.92. The largest absolute Gasteiger partial charge is 0.361 e. The Morgan fingerprint density at radius 2 is 1.94 bits per heavy atom. The molecule has 0 spiro atoms. The number of fused-ring (bicyclic) bond motifs is 1. The van der Waals surface area contributed by atoms with E-state index in [2.05, 4.69) is 40.2 Å². The molecule has 5 rings (SSSR count). The molecule has 8 heteroatoms. The fraction of sp³-hybridized carbons (Fsp3) is 0.481. The summed E-state index contributed by atoms with van der Waals surface area (Å²) in [6.07, 6.45) is 9.25. The fourth-order valence-corrected chi connectivity index (χ4v) is 4.87. The van der Waals surface area contributed by atoms with Gasteiger partial charge in [-0.3, -0.25) is 19.4 Å². The Morgan fingerprint density at radius 3 is 2.63 bits per heavy atom. The predicted octanol–water partition coefficient (Wildman–Crippen LogP) is 4.88. The first-order chi connectivity index (χ1) is 16.3. The lowest BCUT2D eigenvalue weighted by atomic mass is 9.97. The van der Waals surface area contributed by atoms with E-state index >= 15 is 0 Å². The van der Waals surface area contributed by atoms with E-state index in [1.807, 2.05) is 31.0 Å². The van der Waals surface area contributed by atoms with E-state index in [9.17, 15) is 9.18 Å². The summed E-state index contributed by atoms with van der Waals surface area (Å²) in [6.45, 7) is 6.55. The number of rotatable bonds is 7. The number of hydrogen-bond donors (Lipinski definition) is 1. The topological polar surface area (TPSA) is 75.9 Å². The number of hydrogen-bond acceptors (Lipinski definition) is 5. The quantitative estimate of drug-likeness (QED) is 0.524. The Bertz CT molecular complexity index is 1230. The van der Waals surface area contributed by atoms with Crippen LogP contribution in [0.25, 0.3) is 0 Å². The summed E-state index contributed by atoms with van der Waals surface area (Å²) in [7, 11) is 1.98. The maximum Gasteiger partial charge on any atom is 0.247 e. The minimum atomic E-state index is -0.206. The van der Waals surface area contributed by atoms with Gasteiger partial charge < -0.3 is 10.2 Å². The van der Waals surface area contributed by atoms with Gasteiger partial charge in [0.25, 0.3) is 0 Å². The molecule has 1 aliphatic carbocycles. The molecule has 0 bridgehead atoms. The van der Waals surface area contributed by atoms with E-state index in [0.29, 0.717) is 18.2 Å². The molecule has 3 aromatic rings. The van der Waals surface area contributed by atoms with Gasteiger partial charge in [-0.1, -0.05) is 21.3 Å². The molecule has 2 aliphatic rings. The average Bonchev–Trinajstić information content (AvgIpc) is 3.52. The molecule has 0 saturated heterocycles. The summed E-state index contributed by atoms with van der Waals surface area (Å²) < 4.78 is 16.1. The molecule has 4 heterocycles. The summed E-state index contributed by atoms with van der Waals surface area (Å²) in [5, 5.41) is 7.50. The van der Waals surface area contributed by atoms with Crippen molar-refractivity contribution >= 4 is 17.3 Å². The van der Waals surface area contributed by atoms with Crippen LogP contribution in [-0.2, 0) is 24.2 Å². The number of nitrogens with zero attached hydrogens (tertiary/aromatic N) is 5. The first kappa shape index (κ1) is 24.8. The monoisotopic (exact) mass is 478 g/mol. The molecule has 1 aliphatic heterocycles. The molecular weight excluding hydrogens is 443 g/mol. The van der Waals surface area contributed by atoms with Gasteiger partial charge in [-0.2, -0.15) is 5.10 Å². The molecule has 0 radical (unpaired) electrons. The second kappa shape index (κ2) is 9.76. The Hall–Kier alpha value is -3.29. The average molecular weight is 479 g/mol. The third kappa shape index (κ3) is 5.06. The van der Waals surface area contributed by atoms with Gasteiger partial charge in [0.05, 0.1) is 35.5 Å². The molecule has 7 nitrogen and oxygen atoms in total. The normalized spacial score (nSPS) is 17.3. The number of pyridine rings is 2. The van der Waals surface area contributed by atoms with Crippen molar-refractivity contribution in [1.29, 1.82) is 0 Å². The molecule has 1 amide bonds. The molecule has 1 N–H and O–H groups in total. The first-order valence-corrected chi connectivity index (χ1v) is 12.0. The second-order valence-electron chi connectivity index (χ2n) is 9.91. The second-order valence-corrected chi connectivity index (χ2v) is 9.91. The highest BCUT2D eigenvalue weighted by Crippen LogP contribution is 2.40. The summed E-state index contributed by atoms with van der Waals surface area (Å²) >= 11 is 0. The zero-order valence-corrected chi connectivity index (χ0v) is 20.2. The molecule has 186 valence electrons. The standard InChI is InChI=1S/C26H31FN6O.CH4/c1-15(2)25-26(34)31-23-16(3)30-20(10-22(23)32(25)4)8-5-17-12-29-33(13-17)14-18-9-21(27)24(28-11-18)19-6-7-19;/h9-13,15,19,25H,5-8,14H2,1-4H3,(H,31,34);1H4/t25-;/m0./s1. The maximum atomic E-state index is 14.3. The third-order valence-electron chi connectivity index (χ3n) is 6.77. The highest BCUT2D eigenvalue weighted by molar-refractivity contribution is 6.04. The number of carbonyl (C=O) groups excluding carboxylic acids is 1. The number of likely N-dealkylation sites (N-methyl/N-ethyl adjacent to an activating group) is 1. The number of anilines is 2. The van der Waals surface area contributed by atoms with Crippen LogP contribution >= 0.6 is 0 Å². The van der Waals surface area contributed by atoms with Crippen molar-refractivity contribution in [3.05, 3.63) is 64.7 Å². The van der Waals surface area contributed by atoms with Crippen LogP contribution in [0.2, 0.25) is 0 Å². The molecule has 35 heavy (non-hydrogen) atoms. The van der Waals surface area contributed by atoms with Crippen molar-refractivity contribution in [2.75, 3.05) is 17.3 Å². The van der Waals surface area contributed by atoms with Crippen molar-refractivity contribution in [1.82, 2.24) is 19.7 Å². The van der Waals surface area contributed by atoms with Gasteiger partial charge in [0.1, 0.15) is 11.9 Å². The van der Waals surface area contributed by atoms with Crippen LogP contribution in [0.1, 0.15) is 68.2 Å². The zero-order chi connectivity index (χ0) is 24.0. The summed E-state index contributed by atoms with van der Waals surface area (Å²) in [5.41, 5.74) is 6.14. The highest BCUT2D eigenvalue weighted by atomic mass is 19.1. The number of aromatic nitrogens is 4. The SMILES string of the molecule is C.Cc1nc(CCc2cnn(Cc3cnc(C4CC4)c(F)c3)c2)cc2c1NC(=O)[C@H](C(C)C)N2C. The van der Waals surface area contributed by atoms with Crippen molar-refractivity contribution in [3.8, 4) is 0 Å². The Balaban J connectivity index is 0.00000289. The highest BCUT2D eigenvalue weighted by Gasteiger charge is 2.34. The van der Waals surface area contributed by atoms with Gasteiger partial charge in [-0.05, 0) is 61.8 Å². The lowest BCUT2D eigenvalue weighted by Crippen LogP contribution is -2.49. The molecule has 0 aromatic carbocycles. The van der Waals surface area contributed by atoms with Gasteiger partial charge in [0.2, 0.25) is 5.91 Å². The lowest BCUT2D eigenvalue weighted by molar-refractivity contribution is -0.118. The van der Waals surface area contributed by atoms with Crippen LogP contribution in [0.5, 0.6) is 0 Å². The number of nitrogens with one attached hydrogen (secondary N) is 1. The van der Waals surface area contributed by atoms with Crippen LogP contribution in [-0.4, -0.2) is 38.7 Å². The summed E-state index contributed by atoms with van der Waals surface area (Å²) in [6, 6.07) is 3.47. The van der Waals surface area contributed by atoms with E-state index in [1.165, 1.54) is 0 Å². The van der Waals surface area contributed by atoms with Gasteiger partial charge in [0, 0.05) is 31.1 Å². The van der Waals surface area contributed by atoms with Gasteiger partial charge >= 0.3 is 0 Å². The van der Waals surface area contributed by atoms with E-state index in [1.54, 1.807) is 12.3 Å². The Labute approximate surface area is 206 Å². The van der Waals surface area contributed by atoms with Crippen molar-refractivity contribution in [2.24, 2.45) is 5.92 Å². The summed E-state index contributed by atoms with van der Waals surface area (Å²) in [5.74, 6) is 0.322. The zero-order valence-electron chi connectivity index (χ0n) is 20.2. The van der Waals surface area contributed by atoms with Crippen LogP contribution in [0.3, 0.4) is 0 Å². The van der Waals surface area contributed by atoms with Gasteiger partial charge in [0.15, 0.2) is 0 Å². The molecule has 3 aromatic heterocycles. The molecular formula is C27H35FN6O. The molecule has 1 atom stereocenters. The Morgan fingerprint density at radius 1 is 1.17 bits per heavy atom. The smallest absolute Gasteiger partial charge is 0.247 e. The van der Waals surface area contributed by atoms with Crippen molar-refractivity contribution < 1.29 is 9.18 Å². The molecule has 1 fully saturated rings. The first-order valence-electron chi connectivity index (χ1n) is 12.0. The summed E-state index contributed by atoms with van der Waals surface area (Å²) in [4.78, 5) is 23.7. The van der Waals surface area contributed by atoms with Crippen LogP contribution in [0, 0.1) is 18.7 Å². The van der Waals surface area contributed by atoms with Gasteiger partial charge in [-0.25, -0.2) is 4.39 Å². The molecule has 1 saturated carbocycles. The fourth-order valence-electron chi connectivity index (χ4n) is 4.87. The van der Waals surface area contributed by atoms with Crippen LogP contribution < -0.4 is 10.2 Å². The minimum Gasteiger partial charge on any atom is -0.361 e. The third-order valence-corrected chi connectivity index (χ3v) is 6.77. The van der Waals surface area contributed by atoms with Crippen molar-refractivity contribution in [3.63, 3.8) is 0 Å². The van der Waals surface area contributed by atoms with E-state index in [4.69, 9.17) is 4.98 Å². The number of halogens is 1. The van der Waals surface area contributed by atoms with Gasteiger partial charge in [-0.15, -0.1) is 0 Å². The maximum absolute atomic E-state index is 14.3. The van der Waals surface area contributed by atoms with E-state index in [0.717, 1.165) is 59.6 Å². The molecule has 0 unspecified atom stereocenters. The number of aryl methyl sites for hydroxylation is 3. The predicted molar refractivity (Wildman–Crippen MR) is 136 cm³/mol. The minimum absolute atomic E-state index is 0. The lowest BCUT2D eigenvalue weighted by Gasteiger charge is -2.38. The van der Waals surface area contributed by atoms with Crippen LogP contribution in [0.4, 0.5) is 15.8 Å². The van der Waals surface area contributed by atoms with E-state index < -0.39 is 0 Å². The number of carbonyl (C=O) groups is 1. The van der Waals surface area contributed by atoms with Crippen LogP contribution in [0.15, 0.2) is 30.7 Å². The van der Waals surface area contributed by atoms with Crippen molar-refractivity contribution in [2.45, 2.75) is 72.4 Å².